The normalized spacial score (nSPS) is 16.5. The van der Waals surface area contributed by atoms with Crippen molar-refractivity contribution in [1.29, 1.82) is 0 Å². The summed E-state index contributed by atoms with van der Waals surface area (Å²) in [6.45, 7) is 23.6. The molecule has 5 atom stereocenters. The Morgan fingerprint density at radius 1 is 1.00 bits per heavy atom. The van der Waals surface area contributed by atoms with Gasteiger partial charge in [0.25, 0.3) is 0 Å². The number of carbonyl (C=O) groups is 3. The monoisotopic (exact) mass is 358 g/mol. The fourth-order valence-electron chi connectivity index (χ4n) is 3.39. The summed E-state index contributed by atoms with van der Waals surface area (Å²) in [5, 5.41) is 0. The van der Waals surface area contributed by atoms with Crippen LogP contribution >= 0.6 is 0 Å². The molecule has 3 heteroatoms. The van der Waals surface area contributed by atoms with Crippen LogP contribution in [0.3, 0.4) is 0 Å². The van der Waals surface area contributed by atoms with Crippen LogP contribution in [0.15, 0.2) is 49.1 Å². The molecule has 0 fully saturated rings. The molecule has 26 heavy (non-hydrogen) atoms. The predicted molar refractivity (Wildman–Crippen MR) is 109 cm³/mol. The van der Waals surface area contributed by atoms with Gasteiger partial charge >= 0.3 is 0 Å². The second kappa shape index (κ2) is 11.6. The molecule has 3 nitrogen and oxygen atoms in total. The smallest absolute Gasteiger partial charge is 0.158 e. The fourth-order valence-corrected chi connectivity index (χ4v) is 3.39. The van der Waals surface area contributed by atoms with E-state index in [9.17, 15) is 14.4 Å². The highest BCUT2D eigenvalue weighted by Crippen LogP contribution is 2.37. The third-order valence-electron chi connectivity index (χ3n) is 5.50. The first-order valence-corrected chi connectivity index (χ1v) is 9.28. The van der Waals surface area contributed by atoms with Crippen molar-refractivity contribution in [3.05, 3.63) is 49.1 Å². The van der Waals surface area contributed by atoms with Crippen LogP contribution in [-0.4, -0.2) is 18.4 Å². The van der Waals surface area contributed by atoms with Gasteiger partial charge in [-0.3, -0.25) is 14.4 Å². The molecule has 0 aromatic rings. The SMILES string of the molecule is C=CC(CC(C)C(C)C(=C)C=O)C(C)C(C(=C)C=O)C(=C)C(=O)CCC. The standard InChI is InChI=1S/C23H34O3/c1-9-11-22(26)20(8)23(17(5)14-25)19(7)21(10-2)12-15(3)18(6)16(4)13-24/h10,13-15,18-19,21,23H,2,4-5,8-9,11-12H2,1,3,6-7H3. The maximum atomic E-state index is 12.3. The summed E-state index contributed by atoms with van der Waals surface area (Å²) in [6, 6.07) is 0. The van der Waals surface area contributed by atoms with Crippen molar-refractivity contribution >= 4 is 18.4 Å². The van der Waals surface area contributed by atoms with Crippen LogP contribution in [0.5, 0.6) is 0 Å². The zero-order valence-electron chi connectivity index (χ0n) is 16.8. The Balaban J connectivity index is 5.50. The Labute approximate surface area is 158 Å². The predicted octanol–water partition coefficient (Wildman–Crippen LogP) is 5.14. The molecule has 5 unspecified atom stereocenters. The van der Waals surface area contributed by atoms with Crippen LogP contribution in [0.4, 0.5) is 0 Å². The molecule has 0 aliphatic rings. The minimum atomic E-state index is -0.397. The van der Waals surface area contributed by atoms with E-state index in [0.717, 1.165) is 19.1 Å². The number of aldehydes is 2. The molecule has 0 aromatic carbocycles. The van der Waals surface area contributed by atoms with Crippen LogP contribution in [0.1, 0.15) is 47.0 Å². The maximum Gasteiger partial charge on any atom is 0.158 e. The fraction of sp³-hybridized carbons (Fsp3) is 0.522. The molecule has 0 heterocycles. The molecule has 0 spiro atoms. The Hall–Kier alpha value is -2.03. The van der Waals surface area contributed by atoms with Gasteiger partial charge in [0.05, 0.1) is 0 Å². The van der Waals surface area contributed by atoms with Crippen LogP contribution in [0.2, 0.25) is 0 Å². The number of Topliss-reactive ketones (excluding diaryl/α,β-unsaturated/α-hetero) is 1. The lowest BCUT2D eigenvalue weighted by Gasteiger charge is -2.33. The minimum Gasteiger partial charge on any atom is -0.298 e. The molecule has 0 rings (SSSR count). The van der Waals surface area contributed by atoms with E-state index in [1.807, 2.05) is 26.8 Å². The van der Waals surface area contributed by atoms with Gasteiger partial charge in [-0.15, -0.1) is 6.58 Å². The maximum absolute atomic E-state index is 12.3. The first-order chi connectivity index (χ1) is 12.2. The molecule has 0 saturated carbocycles. The Kier molecular flexibility index (Phi) is 10.7. The van der Waals surface area contributed by atoms with E-state index in [1.54, 1.807) is 0 Å². The number of hydrogen-bond donors (Lipinski definition) is 0. The van der Waals surface area contributed by atoms with Crippen molar-refractivity contribution < 1.29 is 14.4 Å². The summed E-state index contributed by atoms with van der Waals surface area (Å²) < 4.78 is 0. The average Bonchev–Trinajstić information content (AvgIpc) is 2.64. The van der Waals surface area contributed by atoms with Crippen LogP contribution < -0.4 is 0 Å². The Bertz CT molecular complexity index is 570. The second-order valence-corrected chi connectivity index (χ2v) is 7.32. The lowest BCUT2D eigenvalue weighted by atomic mass is 9.70. The van der Waals surface area contributed by atoms with Gasteiger partial charge in [0.15, 0.2) is 5.78 Å². The molecule has 0 amide bonds. The Morgan fingerprint density at radius 3 is 1.96 bits per heavy atom. The van der Waals surface area contributed by atoms with E-state index in [0.29, 0.717) is 29.4 Å². The van der Waals surface area contributed by atoms with E-state index in [4.69, 9.17) is 0 Å². The highest BCUT2D eigenvalue weighted by Gasteiger charge is 2.32. The molecule has 0 radical (unpaired) electrons. The van der Waals surface area contributed by atoms with E-state index in [-0.39, 0.29) is 29.5 Å². The number of allylic oxidation sites excluding steroid dienone is 4. The second-order valence-electron chi connectivity index (χ2n) is 7.32. The number of hydrogen-bond acceptors (Lipinski definition) is 3. The summed E-state index contributed by atoms with van der Waals surface area (Å²) in [4.78, 5) is 34.7. The van der Waals surface area contributed by atoms with Gasteiger partial charge < -0.3 is 0 Å². The number of rotatable bonds is 14. The van der Waals surface area contributed by atoms with Gasteiger partial charge in [-0.25, -0.2) is 0 Å². The van der Waals surface area contributed by atoms with Gasteiger partial charge in [0.2, 0.25) is 0 Å². The molecule has 0 bridgehead atoms. The largest absolute Gasteiger partial charge is 0.298 e. The zero-order valence-corrected chi connectivity index (χ0v) is 16.8. The zero-order chi connectivity index (χ0) is 20.4. The third-order valence-corrected chi connectivity index (χ3v) is 5.50. The van der Waals surface area contributed by atoms with E-state index in [1.165, 1.54) is 0 Å². The topological polar surface area (TPSA) is 51.2 Å². The highest BCUT2D eigenvalue weighted by molar-refractivity contribution is 5.97. The first-order valence-electron chi connectivity index (χ1n) is 9.28. The van der Waals surface area contributed by atoms with Gasteiger partial charge in [-0.1, -0.05) is 53.5 Å². The lowest BCUT2D eigenvalue weighted by Crippen LogP contribution is -2.28. The third kappa shape index (κ3) is 6.36. The summed E-state index contributed by atoms with van der Waals surface area (Å²) in [6.07, 6.45) is 5.30. The van der Waals surface area contributed by atoms with Crippen LogP contribution in [0, 0.1) is 29.6 Å². The molecule has 0 saturated heterocycles. The van der Waals surface area contributed by atoms with Gasteiger partial charge in [-0.2, -0.15) is 0 Å². The molecule has 144 valence electrons. The number of carbonyl (C=O) groups excluding carboxylic acids is 3. The summed E-state index contributed by atoms with van der Waals surface area (Å²) in [5.74, 6) is -0.141. The van der Waals surface area contributed by atoms with Crippen LogP contribution in [0.25, 0.3) is 0 Å². The lowest BCUT2D eigenvalue weighted by molar-refractivity contribution is -0.116. The van der Waals surface area contributed by atoms with Crippen molar-refractivity contribution in [2.45, 2.75) is 47.0 Å². The molecule has 0 N–H and O–H groups in total. The molecular weight excluding hydrogens is 324 g/mol. The summed E-state index contributed by atoms with van der Waals surface area (Å²) in [7, 11) is 0. The van der Waals surface area contributed by atoms with Crippen molar-refractivity contribution in [3.63, 3.8) is 0 Å². The molecule has 0 aliphatic carbocycles. The quantitative estimate of drug-likeness (QED) is 0.245. The van der Waals surface area contributed by atoms with E-state index in [2.05, 4.69) is 33.2 Å². The van der Waals surface area contributed by atoms with Crippen molar-refractivity contribution in [2.75, 3.05) is 0 Å². The highest BCUT2D eigenvalue weighted by atomic mass is 16.1. The summed E-state index contributed by atoms with van der Waals surface area (Å²) >= 11 is 0. The summed E-state index contributed by atoms with van der Waals surface area (Å²) in [5.41, 5.74) is 1.39. The molecule has 0 aliphatic heterocycles. The van der Waals surface area contributed by atoms with Crippen molar-refractivity contribution in [3.8, 4) is 0 Å². The van der Waals surface area contributed by atoms with E-state index >= 15 is 0 Å². The Morgan fingerprint density at radius 2 is 1.54 bits per heavy atom. The molecule has 0 aromatic heterocycles. The van der Waals surface area contributed by atoms with Gasteiger partial charge in [0, 0.05) is 12.3 Å². The minimum absolute atomic E-state index is 0.0223. The first kappa shape index (κ1) is 24.0. The molecular formula is C23H34O3. The van der Waals surface area contributed by atoms with Crippen molar-refractivity contribution in [1.82, 2.24) is 0 Å². The average molecular weight is 359 g/mol. The number of ketones is 1. The van der Waals surface area contributed by atoms with E-state index < -0.39 is 5.92 Å². The van der Waals surface area contributed by atoms with Gasteiger partial charge in [-0.05, 0) is 53.2 Å². The van der Waals surface area contributed by atoms with Crippen LogP contribution in [-0.2, 0) is 14.4 Å². The van der Waals surface area contributed by atoms with Gasteiger partial charge in [0.1, 0.15) is 12.6 Å². The van der Waals surface area contributed by atoms with Crippen molar-refractivity contribution in [2.24, 2.45) is 29.6 Å².